The second-order valence-electron chi connectivity index (χ2n) is 4.32. The molecule has 20 heavy (non-hydrogen) atoms. The Morgan fingerprint density at radius 3 is 2.70 bits per heavy atom. The summed E-state index contributed by atoms with van der Waals surface area (Å²) in [6, 6.07) is 10.2. The van der Waals surface area contributed by atoms with E-state index in [0.29, 0.717) is 12.4 Å². The van der Waals surface area contributed by atoms with Gasteiger partial charge in [0.15, 0.2) is 0 Å². The highest BCUT2D eigenvalue weighted by molar-refractivity contribution is 9.10. The van der Waals surface area contributed by atoms with Crippen molar-refractivity contribution in [2.75, 3.05) is 7.05 Å². The molecular weight excluding hydrogens is 345 g/mol. The maximum Gasteiger partial charge on any atom is 0.138 e. The van der Waals surface area contributed by atoms with Crippen LogP contribution in [0.5, 0.6) is 5.75 Å². The van der Waals surface area contributed by atoms with Crippen LogP contribution < -0.4 is 10.1 Å². The Kier molecular flexibility index (Phi) is 5.40. The van der Waals surface area contributed by atoms with E-state index >= 15 is 0 Å². The third kappa shape index (κ3) is 3.95. The van der Waals surface area contributed by atoms with Crippen molar-refractivity contribution in [3.63, 3.8) is 0 Å². The van der Waals surface area contributed by atoms with Gasteiger partial charge in [-0.2, -0.15) is 0 Å². The zero-order valence-corrected chi connectivity index (χ0v) is 13.3. The van der Waals surface area contributed by atoms with Crippen LogP contribution in [-0.2, 0) is 13.2 Å². The average Bonchev–Trinajstić information content (AvgIpc) is 2.40. The number of benzene rings is 2. The summed E-state index contributed by atoms with van der Waals surface area (Å²) >= 11 is 9.44. The summed E-state index contributed by atoms with van der Waals surface area (Å²) in [6.45, 7) is 1.18. The van der Waals surface area contributed by atoms with Gasteiger partial charge in [0.25, 0.3) is 0 Å². The quantitative estimate of drug-likeness (QED) is 0.847. The molecule has 0 unspecified atom stereocenters. The highest BCUT2D eigenvalue weighted by Gasteiger charge is 2.06. The topological polar surface area (TPSA) is 21.3 Å². The Labute approximate surface area is 131 Å². The number of rotatable bonds is 5. The molecule has 0 aromatic heterocycles. The normalized spacial score (nSPS) is 10.6. The molecule has 0 saturated carbocycles. The fourth-order valence-electron chi connectivity index (χ4n) is 1.77. The van der Waals surface area contributed by atoms with E-state index in [1.807, 2.05) is 25.2 Å². The molecule has 2 nitrogen and oxygen atoms in total. The molecule has 106 valence electrons. The van der Waals surface area contributed by atoms with Crippen molar-refractivity contribution >= 4 is 27.5 Å². The predicted octanol–water partition coefficient (Wildman–Crippen LogP) is 4.54. The fraction of sp³-hybridized carbons (Fsp3) is 0.200. The second kappa shape index (κ2) is 7.07. The van der Waals surface area contributed by atoms with Crippen molar-refractivity contribution in [2.45, 2.75) is 13.2 Å². The molecule has 0 bridgehead atoms. The molecule has 0 amide bonds. The molecule has 0 aliphatic heterocycles. The average molecular weight is 359 g/mol. The number of hydrogen-bond acceptors (Lipinski definition) is 2. The van der Waals surface area contributed by atoms with Crippen LogP contribution in [0.25, 0.3) is 0 Å². The van der Waals surface area contributed by atoms with Crippen molar-refractivity contribution in [1.29, 1.82) is 0 Å². The van der Waals surface area contributed by atoms with E-state index in [-0.39, 0.29) is 10.8 Å². The summed E-state index contributed by atoms with van der Waals surface area (Å²) in [6.07, 6.45) is 0. The monoisotopic (exact) mass is 357 g/mol. The van der Waals surface area contributed by atoms with E-state index in [4.69, 9.17) is 16.3 Å². The minimum Gasteiger partial charge on any atom is -0.487 e. The third-order valence-corrected chi connectivity index (χ3v) is 3.81. The number of nitrogens with one attached hydrogen (secondary N) is 1. The van der Waals surface area contributed by atoms with Crippen LogP contribution in [0.3, 0.4) is 0 Å². The van der Waals surface area contributed by atoms with Crippen LogP contribution in [0.1, 0.15) is 11.1 Å². The maximum atomic E-state index is 12.9. The first-order valence-electron chi connectivity index (χ1n) is 6.10. The van der Waals surface area contributed by atoms with E-state index in [9.17, 15) is 4.39 Å². The summed E-state index contributed by atoms with van der Waals surface area (Å²) in [7, 11) is 1.90. The molecule has 0 aliphatic carbocycles. The first-order valence-corrected chi connectivity index (χ1v) is 7.27. The van der Waals surface area contributed by atoms with Gasteiger partial charge in [-0.1, -0.05) is 39.7 Å². The van der Waals surface area contributed by atoms with E-state index < -0.39 is 0 Å². The second-order valence-corrected chi connectivity index (χ2v) is 5.58. The van der Waals surface area contributed by atoms with Gasteiger partial charge < -0.3 is 10.1 Å². The lowest BCUT2D eigenvalue weighted by atomic mass is 10.1. The first-order chi connectivity index (χ1) is 9.60. The van der Waals surface area contributed by atoms with Crippen molar-refractivity contribution in [1.82, 2.24) is 5.32 Å². The van der Waals surface area contributed by atoms with Gasteiger partial charge in [-0.05, 0) is 36.9 Å². The standard InChI is InChI=1S/C15H14BrClFNO/c1-19-8-10-2-3-11(13(16)6-10)9-20-15-5-4-12(18)7-14(15)17/h2-7,19H,8-9H2,1H3. The molecule has 0 saturated heterocycles. The van der Waals surface area contributed by atoms with Crippen molar-refractivity contribution in [3.8, 4) is 5.75 Å². The maximum absolute atomic E-state index is 12.9. The van der Waals surface area contributed by atoms with Crippen molar-refractivity contribution in [3.05, 3.63) is 62.8 Å². The van der Waals surface area contributed by atoms with Gasteiger partial charge in [0.05, 0.1) is 5.02 Å². The van der Waals surface area contributed by atoms with Gasteiger partial charge in [-0.15, -0.1) is 0 Å². The van der Waals surface area contributed by atoms with Crippen LogP contribution in [0.4, 0.5) is 4.39 Å². The lowest BCUT2D eigenvalue weighted by Crippen LogP contribution is -2.05. The van der Waals surface area contributed by atoms with Gasteiger partial charge in [-0.25, -0.2) is 4.39 Å². The molecule has 5 heteroatoms. The van der Waals surface area contributed by atoms with Crippen LogP contribution in [0.2, 0.25) is 5.02 Å². The van der Waals surface area contributed by atoms with Crippen molar-refractivity contribution < 1.29 is 9.13 Å². The van der Waals surface area contributed by atoms with Crippen LogP contribution in [0, 0.1) is 5.82 Å². The summed E-state index contributed by atoms with van der Waals surface area (Å²) in [5.74, 6) is 0.0965. The minimum absolute atomic E-state index is 0.271. The Balaban J connectivity index is 2.07. The van der Waals surface area contributed by atoms with Gasteiger partial charge in [0.1, 0.15) is 18.2 Å². The number of hydrogen-bond donors (Lipinski definition) is 1. The van der Waals surface area contributed by atoms with Crippen LogP contribution >= 0.6 is 27.5 Å². The highest BCUT2D eigenvalue weighted by atomic mass is 79.9. The van der Waals surface area contributed by atoms with Gasteiger partial charge >= 0.3 is 0 Å². The van der Waals surface area contributed by atoms with Gasteiger partial charge in [0.2, 0.25) is 0 Å². The highest BCUT2D eigenvalue weighted by Crippen LogP contribution is 2.27. The molecule has 0 spiro atoms. The Hall–Kier alpha value is -1.10. The minimum atomic E-state index is -0.375. The Morgan fingerprint density at radius 1 is 1.25 bits per heavy atom. The van der Waals surface area contributed by atoms with Gasteiger partial charge in [-0.3, -0.25) is 0 Å². The molecular formula is C15H14BrClFNO. The summed E-state index contributed by atoms with van der Waals surface area (Å²) in [4.78, 5) is 0. The van der Waals surface area contributed by atoms with E-state index in [0.717, 1.165) is 16.6 Å². The molecule has 0 heterocycles. The zero-order valence-electron chi connectivity index (χ0n) is 10.9. The summed E-state index contributed by atoms with van der Waals surface area (Å²) in [5.41, 5.74) is 2.19. The van der Waals surface area contributed by atoms with Crippen LogP contribution in [0.15, 0.2) is 40.9 Å². The SMILES string of the molecule is CNCc1ccc(COc2ccc(F)cc2Cl)c(Br)c1. The van der Waals surface area contributed by atoms with Crippen LogP contribution in [-0.4, -0.2) is 7.05 Å². The Bertz CT molecular complexity index is 606. The third-order valence-electron chi connectivity index (χ3n) is 2.78. The Morgan fingerprint density at radius 2 is 2.05 bits per heavy atom. The zero-order chi connectivity index (χ0) is 14.5. The molecule has 1 N–H and O–H groups in total. The lowest BCUT2D eigenvalue weighted by molar-refractivity contribution is 0.305. The summed E-state index contributed by atoms with van der Waals surface area (Å²) < 4.78 is 19.5. The largest absolute Gasteiger partial charge is 0.487 e. The molecule has 2 aromatic carbocycles. The smallest absolute Gasteiger partial charge is 0.138 e. The first kappa shape index (κ1) is 15.3. The molecule has 2 aromatic rings. The number of ether oxygens (including phenoxy) is 1. The molecule has 2 rings (SSSR count). The lowest BCUT2D eigenvalue weighted by Gasteiger charge is -2.10. The van der Waals surface area contributed by atoms with E-state index in [2.05, 4.69) is 21.2 Å². The van der Waals surface area contributed by atoms with E-state index in [1.165, 1.54) is 23.8 Å². The molecule has 0 radical (unpaired) electrons. The summed E-state index contributed by atoms with van der Waals surface area (Å²) in [5, 5.41) is 3.37. The predicted molar refractivity (Wildman–Crippen MR) is 82.6 cm³/mol. The number of halogens is 3. The van der Waals surface area contributed by atoms with Gasteiger partial charge in [0, 0.05) is 16.6 Å². The van der Waals surface area contributed by atoms with Crippen molar-refractivity contribution in [2.24, 2.45) is 0 Å². The fourth-order valence-corrected chi connectivity index (χ4v) is 2.53. The molecule has 0 fully saturated rings. The van der Waals surface area contributed by atoms with E-state index in [1.54, 1.807) is 0 Å². The molecule has 0 atom stereocenters. The molecule has 0 aliphatic rings.